The summed E-state index contributed by atoms with van der Waals surface area (Å²) in [5.74, 6) is 1.35. The number of hydrogen-bond acceptors (Lipinski definition) is 6. The number of thiazole rings is 1. The predicted molar refractivity (Wildman–Crippen MR) is 126 cm³/mol. The normalized spacial score (nSPS) is 12.9. The van der Waals surface area contributed by atoms with Gasteiger partial charge in [-0.1, -0.05) is 23.5 Å². The van der Waals surface area contributed by atoms with Crippen LogP contribution < -0.4 is 14.4 Å². The highest BCUT2D eigenvalue weighted by Crippen LogP contribution is 2.34. The summed E-state index contributed by atoms with van der Waals surface area (Å²) in [5.41, 5.74) is 4.24. The molecule has 0 saturated carbocycles. The van der Waals surface area contributed by atoms with E-state index in [-0.39, 0.29) is 12.7 Å². The molecule has 0 N–H and O–H groups in total. The Morgan fingerprint density at radius 3 is 2.74 bits per heavy atom. The Morgan fingerprint density at radius 2 is 1.94 bits per heavy atom. The Kier molecular flexibility index (Phi) is 6.25. The molecule has 0 aliphatic carbocycles. The zero-order valence-electron chi connectivity index (χ0n) is 18.3. The molecule has 0 unspecified atom stereocenters. The molecule has 0 spiro atoms. The molecule has 0 bridgehead atoms. The van der Waals surface area contributed by atoms with Crippen molar-refractivity contribution in [3.63, 3.8) is 0 Å². The van der Waals surface area contributed by atoms with Crippen molar-refractivity contribution in [2.24, 2.45) is 0 Å². The summed E-state index contributed by atoms with van der Waals surface area (Å²) in [6, 6.07) is 9.85. The second kappa shape index (κ2) is 9.08. The smallest absolute Gasteiger partial charge is 0.252 e. The van der Waals surface area contributed by atoms with Gasteiger partial charge < -0.3 is 14.4 Å². The third-order valence-electron chi connectivity index (χ3n) is 5.37. The van der Waals surface area contributed by atoms with Crippen LogP contribution in [-0.2, 0) is 4.79 Å². The van der Waals surface area contributed by atoms with Gasteiger partial charge >= 0.3 is 0 Å². The summed E-state index contributed by atoms with van der Waals surface area (Å²) in [7, 11) is 4.07. The fourth-order valence-electron chi connectivity index (χ4n) is 3.45. The van der Waals surface area contributed by atoms with Crippen molar-refractivity contribution in [3.05, 3.63) is 53.1 Å². The lowest BCUT2D eigenvalue weighted by molar-refractivity contribution is -0.114. The molecule has 0 fully saturated rings. The monoisotopic (exact) mass is 437 g/mol. The van der Waals surface area contributed by atoms with Gasteiger partial charge in [-0.05, 0) is 81.9 Å². The lowest BCUT2D eigenvalue weighted by Gasteiger charge is -2.19. The molecule has 1 aliphatic rings. The zero-order valence-corrected chi connectivity index (χ0v) is 19.2. The maximum atomic E-state index is 13.2. The maximum absolute atomic E-state index is 13.2. The number of hydrogen-bond donors (Lipinski definition) is 0. The summed E-state index contributed by atoms with van der Waals surface area (Å²) in [4.78, 5) is 21.9. The number of ether oxygens (including phenoxy) is 2. The molecule has 2 aromatic carbocycles. The number of carbonyl (C=O) groups excluding carboxylic acids is 1. The first-order valence-electron chi connectivity index (χ1n) is 10.3. The summed E-state index contributed by atoms with van der Waals surface area (Å²) >= 11 is 1.56. The van der Waals surface area contributed by atoms with Crippen LogP contribution in [0.15, 0.2) is 36.4 Å². The minimum absolute atomic E-state index is 0.0788. The first kappa shape index (κ1) is 21.3. The number of carbonyl (C=O) groups is 1. The topological polar surface area (TPSA) is 54.9 Å². The molecular weight excluding hydrogens is 410 g/mol. The Bertz CT molecular complexity index is 1140. The van der Waals surface area contributed by atoms with Gasteiger partial charge in [0, 0.05) is 12.6 Å². The summed E-state index contributed by atoms with van der Waals surface area (Å²) in [5, 5.41) is 0.739. The van der Waals surface area contributed by atoms with E-state index in [4.69, 9.17) is 14.5 Å². The number of aromatic nitrogens is 1. The number of nitrogens with zero attached hydrogens (tertiary/aromatic N) is 3. The van der Waals surface area contributed by atoms with Crippen LogP contribution in [0.4, 0.5) is 5.13 Å². The van der Waals surface area contributed by atoms with Crippen molar-refractivity contribution < 1.29 is 14.3 Å². The lowest BCUT2D eigenvalue weighted by Crippen LogP contribution is -2.32. The van der Waals surface area contributed by atoms with E-state index in [0.29, 0.717) is 12.3 Å². The molecule has 1 amide bonds. The van der Waals surface area contributed by atoms with Gasteiger partial charge in [-0.25, -0.2) is 4.98 Å². The van der Waals surface area contributed by atoms with Crippen LogP contribution in [-0.4, -0.2) is 49.8 Å². The molecule has 2 heterocycles. The highest BCUT2D eigenvalue weighted by molar-refractivity contribution is 7.22. The Balaban J connectivity index is 1.59. The first-order chi connectivity index (χ1) is 14.9. The van der Waals surface area contributed by atoms with Crippen molar-refractivity contribution in [2.45, 2.75) is 20.3 Å². The fourth-order valence-corrected chi connectivity index (χ4v) is 4.51. The number of aryl methyl sites for hydroxylation is 2. The van der Waals surface area contributed by atoms with E-state index >= 15 is 0 Å². The van der Waals surface area contributed by atoms with Gasteiger partial charge in [0.1, 0.15) is 0 Å². The van der Waals surface area contributed by atoms with Crippen molar-refractivity contribution in [1.82, 2.24) is 9.88 Å². The Labute approximate surface area is 186 Å². The van der Waals surface area contributed by atoms with Gasteiger partial charge in [-0.2, -0.15) is 0 Å². The van der Waals surface area contributed by atoms with Gasteiger partial charge in [-0.15, -0.1) is 0 Å². The molecule has 162 valence electrons. The van der Waals surface area contributed by atoms with Gasteiger partial charge in [0.15, 0.2) is 16.6 Å². The Morgan fingerprint density at radius 1 is 1.13 bits per heavy atom. The van der Waals surface area contributed by atoms with Crippen LogP contribution >= 0.6 is 11.3 Å². The average Bonchev–Trinajstić information content (AvgIpc) is 3.38. The highest BCUT2D eigenvalue weighted by Gasteiger charge is 2.19. The van der Waals surface area contributed by atoms with E-state index < -0.39 is 0 Å². The molecule has 0 saturated heterocycles. The van der Waals surface area contributed by atoms with Crippen molar-refractivity contribution >= 4 is 38.7 Å². The molecule has 7 heteroatoms. The maximum Gasteiger partial charge on any atom is 0.252 e. The SMILES string of the molecule is Cc1ccc2sc(N(CCCN(C)C)C(=O)/C=C/c3ccc4c(c3)OCO4)nc2c1C. The molecule has 0 radical (unpaired) electrons. The van der Waals surface area contributed by atoms with Crippen molar-refractivity contribution in [2.75, 3.05) is 38.9 Å². The predicted octanol–water partition coefficient (Wildman–Crippen LogP) is 4.64. The van der Waals surface area contributed by atoms with Crippen LogP contribution in [0.25, 0.3) is 16.3 Å². The highest BCUT2D eigenvalue weighted by atomic mass is 32.1. The minimum Gasteiger partial charge on any atom is -0.454 e. The van der Waals surface area contributed by atoms with Crippen molar-refractivity contribution in [3.8, 4) is 11.5 Å². The number of benzene rings is 2. The molecule has 4 rings (SSSR count). The molecule has 1 aromatic heterocycles. The van der Waals surface area contributed by atoms with E-state index in [0.717, 1.165) is 45.2 Å². The summed E-state index contributed by atoms with van der Waals surface area (Å²) < 4.78 is 11.9. The van der Waals surface area contributed by atoms with Crippen LogP contribution in [0.3, 0.4) is 0 Å². The standard InChI is InChI=1S/C24H27N3O3S/c1-16-6-10-21-23(17(16)2)25-24(31-21)27(13-5-12-26(3)4)22(28)11-8-18-7-9-19-20(14-18)30-15-29-19/h6-11,14H,5,12-13,15H2,1-4H3/b11-8+. The van der Waals surface area contributed by atoms with Crippen molar-refractivity contribution in [1.29, 1.82) is 0 Å². The number of amides is 1. The first-order valence-corrected chi connectivity index (χ1v) is 11.1. The minimum atomic E-state index is -0.0788. The average molecular weight is 438 g/mol. The second-order valence-corrected chi connectivity index (χ2v) is 8.95. The number of fused-ring (bicyclic) bond motifs is 2. The third kappa shape index (κ3) is 4.73. The van der Waals surface area contributed by atoms with E-state index in [1.165, 1.54) is 5.56 Å². The van der Waals surface area contributed by atoms with Gasteiger partial charge in [-0.3, -0.25) is 9.69 Å². The van der Waals surface area contributed by atoms with E-state index in [1.807, 2.05) is 38.4 Å². The Hall–Kier alpha value is -2.90. The number of rotatable bonds is 7. The van der Waals surface area contributed by atoms with Crippen LogP contribution in [0, 0.1) is 13.8 Å². The van der Waals surface area contributed by atoms with E-state index in [9.17, 15) is 4.79 Å². The van der Waals surface area contributed by atoms with Gasteiger partial charge in [0.2, 0.25) is 6.79 Å². The second-order valence-electron chi connectivity index (χ2n) is 7.94. The molecule has 6 nitrogen and oxygen atoms in total. The molecule has 1 aliphatic heterocycles. The molecule has 3 aromatic rings. The van der Waals surface area contributed by atoms with E-state index in [2.05, 4.69) is 30.9 Å². The summed E-state index contributed by atoms with van der Waals surface area (Å²) in [6.45, 7) is 5.91. The molecular formula is C24H27N3O3S. The third-order valence-corrected chi connectivity index (χ3v) is 6.42. The lowest BCUT2D eigenvalue weighted by atomic mass is 10.1. The molecule has 31 heavy (non-hydrogen) atoms. The zero-order chi connectivity index (χ0) is 22.0. The van der Waals surface area contributed by atoms with Gasteiger partial charge in [0.25, 0.3) is 5.91 Å². The largest absolute Gasteiger partial charge is 0.454 e. The van der Waals surface area contributed by atoms with Gasteiger partial charge in [0.05, 0.1) is 10.2 Å². The summed E-state index contributed by atoms with van der Waals surface area (Å²) in [6.07, 6.45) is 4.29. The quantitative estimate of drug-likeness (QED) is 0.504. The van der Waals surface area contributed by atoms with E-state index in [1.54, 1.807) is 22.3 Å². The number of anilines is 1. The fraction of sp³-hybridized carbons (Fsp3) is 0.333. The van der Waals surface area contributed by atoms with Crippen LogP contribution in [0.1, 0.15) is 23.1 Å². The van der Waals surface area contributed by atoms with Crippen LogP contribution in [0.5, 0.6) is 11.5 Å². The molecule has 0 atom stereocenters. The van der Waals surface area contributed by atoms with Crippen LogP contribution in [0.2, 0.25) is 0 Å².